The van der Waals surface area contributed by atoms with Crippen molar-refractivity contribution in [1.82, 2.24) is 0 Å². The highest BCUT2D eigenvalue weighted by Crippen LogP contribution is 2.41. The lowest BCUT2D eigenvalue weighted by molar-refractivity contribution is -0.0612. The van der Waals surface area contributed by atoms with Crippen LogP contribution in [-0.4, -0.2) is 28.9 Å². The van der Waals surface area contributed by atoms with E-state index in [1.54, 1.807) is 6.07 Å². The quantitative estimate of drug-likeness (QED) is 0.874. The third-order valence-electron chi connectivity index (χ3n) is 5.13. The monoisotopic (exact) mass is 286 g/mol. The summed E-state index contributed by atoms with van der Waals surface area (Å²) in [5.41, 5.74) is 1.82. The summed E-state index contributed by atoms with van der Waals surface area (Å²) >= 11 is 0. The number of piperidine rings is 1. The van der Waals surface area contributed by atoms with E-state index in [0.29, 0.717) is 11.5 Å². The minimum atomic E-state index is -0.493. The number of fused-ring (bicyclic) bond motifs is 1. The molecule has 1 aliphatic heterocycles. The molecule has 2 unspecified atom stereocenters. The number of rotatable bonds is 2. The number of anilines is 1. The molecule has 21 heavy (non-hydrogen) atoms. The fourth-order valence-corrected chi connectivity index (χ4v) is 3.84. The summed E-state index contributed by atoms with van der Waals surface area (Å²) in [6.45, 7) is 1.57. The van der Waals surface area contributed by atoms with Gasteiger partial charge in [0, 0.05) is 19.0 Å². The Morgan fingerprint density at radius 2 is 2.19 bits per heavy atom. The molecule has 1 heterocycles. The fourth-order valence-electron chi connectivity index (χ4n) is 3.84. The molecule has 2 N–H and O–H groups in total. The maximum absolute atomic E-state index is 10.7. The number of benzene rings is 1. The Balaban J connectivity index is 1.84. The lowest BCUT2D eigenvalue weighted by atomic mass is 9.71. The average Bonchev–Trinajstić information content (AvgIpc) is 2.53. The van der Waals surface area contributed by atoms with E-state index in [4.69, 9.17) is 0 Å². The zero-order valence-corrected chi connectivity index (χ0v) is 12.3. The molecular weight excluding hydrogens is 264 g/mol. The van der Waals surface area contributed by atoms with Crippen molar-refractivity contribution in [3.05, 3.63) is 29.3 Å². The van der Waals surface area contributed by atoms with Gasteiger partial charge in [-0.1, -0.05) is 18.9 Å². The Hall–Kier alpha value is -1.57. The van der Waals surface area contributed by atoms with Gasteiger partial charge in [0.05, 0.1) is 23.5 Å². The highest BCUT2D eigenvalue weighted by atomic mass is 16.3. The van der Waals surface area contributed by atoms with Crippen LogP contribution in [0.5, 0.6) is 0 Å². The Morgan fingerprint density at radius 3 is 2.95 bits per heavy atom. The summed E-state index contributed by atoms with van der Waals surface area (Å²) in [7, 11) is 0. The van der Waals surface area contributed by atoms with Gasteiger partial charge >= 0.3 is 0 Å². The standard InChI is InChI=1S/C17H22N2O2/c18-10-14-9-13(12-20)4-5-16(14)19-8-7-17(21)6-2-1-3-15(17)11-19/h4-5,9,15,20-21H,1-3,6-8,11-12H2. The molecule has 2 aliphatic rings. The molecule has 4 heteroatoms. The van der Waals surface area contributed by atoms with Crippen LogP contribution in [0.3, 0.4) is 0 Å². The molecule has 112 valence electrons. The van der Waals surface area contributed by atoms with Gasteiger partial charge < -0.3 is 15.1 Å². The number of nitrogens with zero attached hydrogens (tertiary/aromatic N) is 2. The van der Waals surface area contributed by atoms with Gasteiger partial charge in [0.2, 0.25) is 0 Å². The molecule has 0 radical (unpaired) electrons. The van der Waals surface area contributed by atoms with Gasteiger partial charge in [-0.25, -0.2) is 0 Å². The number of aliphatic hydroxyl groups is 2. The highest BCUT2D eigenvalue weighted by molar-refractivity contribution is 5.61. The summed E-state index contributed by atoms with van der Waals surface area (Å²) in [5, 5.41) is 29.3. The van der Waals surface area contributed by atoms with Crippen molar-refractivity contribution in [2.45, 2.75) is 44.3 Å². The van der Waals surface area contributed by atoms with E-state index in [9.17, 15) is 15.5 Å². The van der Waals surface area contributed by atoms with Crippen LogP contribution in [0.1, 0.15) is 43.2 Å². The minimum Gasteiger partial charge on any atom is -0.392 e. The first-order chi connectivity index (χ1) is 10.2. The minimum absolute atomic E-state index is 0.0443. The molecule has 0 amide bonds. The van der Waals surface area contributed by atoms with Crippen LogP contribution in [0.4, 0.5) is 5.69 Å². The van der Waals surface area contributed by atoms with Crippen molar-refractivity contribution in [2.75, 3.05) is 18.0 Å². The van der Waals surface area contributed by atoms with Gasteiger partial charge in [-0.3, -0.25) is 0 Å². The first-order valence-electron chi connectivity index (χ1n) is 7.77. The van der Waals surface area contributed by atoms with Crippen LogP contribution < -0.4 is 4.90 Å². The van der Waals surface area contributed by atoms with E-state index in [0.717, 1.165) is 50.0 Å². The second kappa shape index (κ2) is 5.67. The van der Waals surface area contributed by atoms with E-state index >= 15 is 0 Å². The van der Waals surface area contributed by atoms with Crippen LogP contribution in [0, 0.1) is 17.2 Å². The van der Waals surface area contributed by atoms with Crippen molar-refractivity contribution in [3.63, 3.8) is 0 Å². The molecule has 0 spiro atoms. The molecule has 1 saturated carbocycles. The van der Waals surface area contributed by atoms with E-state index < -0.39 is 5.60 Å². The molecule has 1 saturated heterocycles. The van der Waals surface area contributed by atoms with Crippen LogP contribution in [-0.2, 0) is 6.61 Å². The molecule has 4 nitrogen and oxygen atoms in total. The highest BCUT2D eigenvalue weighted by Gasteiger charge is 2.42. The van der Waals surface area contributed by atoms with Gasteiger partial charge in [0.1, 0.15) is 6.07 Å². The van der Waals surface area contributed by atoms with E-state index in [2.05, 4.69) is 11.0 Å². The van der Waals surface area contributed by atoms with Gasteiger partial charge in [-0.05, 0) is 37.0 Å². The molecule has 3 rings (SSSR count). The number of hydrogen-bond acceptors (Lipinski definition) is 4. The van der Waals surface area contributed by atoms with Crippen molar-refractivity contribution in [3.8, 4) is 6.07 Å². The van der Waals surface area contributed by atoms with Crippen LogP contribution >= 0.6 is 0 Å². The zero-order chi connectivity index (χ0) is 14.9. The number of hydrogen-bond donors (Lipinski definition) is 2. The average molecular weight is 286 g/mol. The Bertz CT molecular complexity index is 566. The first-order valence-corrected chi connectivity index (χ1v) is 7.77. The molecule has 2 fully saturated rings. The molecule has 0 aromatic heterocycles. The van der Waals surface area contributed by atoms with E-state index in [1.165, 1.54) is 6.42 Å². The predicted octanol–water partition coefficient (Wildman–Crippen LogP) is 2.18. The topological polar surface area (TPSA) is 67.5 Å². The molecular formula is C17H22N2O2. The number of nitriles is 1. The molecule has 1 aromatic carbocycles. The fraction of sp³-hybridized carbons (Fsp3) is 0.588. The number of aliphatic hydroxyl groups excluding tert-OH is 1. The van der Waals surface area contributed by atoms with Crippen molar-refractivity contribution < 1.29 is 10.2 Å². The first kappa shape index (κ1) is 14.4. The van der Waals surface area contributed by atoms with E-state index in [-0.39, 0.29) is 6.61 Å². The van der Waals surface area contributed by atoms with Gasteiger partial charge in [0.15, 0.2) is 0 Å². The Labute approximate surface area is 125 Å². The third kappa shape index (κ3) is 2.64. The van der Waals surface area contributed by atoms with Crippen LogP contribution in [0.25, 0.3) is 0 Å². The lowest BCUT2D eigenvalue weighted by Gasteiger charge is -2.48. The molecule has 2 atom stereocenters. The second-order valence-electron chi connectivity index (χ2n) is 6.36. The van der Waals surface area contributed by atoms with Gasteiger partial charge in [-0.2, -0.15) is 5.26 Å². The SMILES string of the molecule is N#Cc1cc(CO)ccc1N1CCC2(O)CCCCC2C1. The van der Waals surface area contributed by atoms with Crippen molar-refractivity contribution in [1.29, 1.82) is 5.26 Å². The smallest absolute Gasteiger partial charge is 0.101 e. The van der Waals surface area contributed by atoms with Gasteiger partial charge in [-0.15, -0.1) is 0 Å². The maximum Gasteiger partial charge on any atom is 0.101 e. The summed E-state index contributed by atoms with van der Waals surface area (Å²) in [4.78, 5) is 2.23. The van der Waals surface area contributed by atoms with Crippen LogP contribution in [0.2, 0.25) is 0 Å². The molecule has 1 aromatic rings. The third-order valence-corrected chi connectivity index (χ3v) is 5.13. The van der Waals surface area contributed by atoms with Crippen LogP contribution in [0.15, 0.2) is 18.2 Å². The molecule has 1 aliphatic carbocycles. The van der Waals surface area contributed by atoms with Crippen molar-refractivity contribution >= 4 is 5.69 Å². The summed E-state index contributed by atoms with van der Waals surface area (Å²) < 4.78 is 0. The summed E-state index contributed by atoms with van der Waals surface area (Å²) in [6, 6.07) is 7.80. The summed E-state index contributed by atoms with van der Waals surface area (Å²) in [5.74, 6) is 0.309. The second-order valence-corrected chi connectivity index (χ2v) is 6.36. The largest absolute Gasteiger partial charge is 0.392 e. The normalized spacial score (nSPS) is 28.8. The Kier molecular flexibility index (Phi) is 3.88. The lowest BCUT2D eigenvalue weighted by Crippen LogP contribution is -2.53. The zero-order valence-electron chi connectivity index (χ0n) is 12.3. The molecule has 0 bridgehead atoms. The predicted molar refractivity (Wildman–Crippen MR) is 80.8 cm³/mol. The maximum atomic E-state index is 10.7. The summed E-state index contributed by atoms with van der Waals surface area (Å²) in [6.07, 6.45) is 5.09. The van der Waals surface area contributed by atoms with Gasteiger partial charge in [0.25, 0.3) is 0 Å². The van der Waals surface area contributed by atoms with Crippen molar-refractivity contribution in [2.24, 2.45) is 5.92 Å². The Morgan fingerprint density at radius 1 is 1.33 bits per heavy atom. The van der Waals surface area contributed by atoms with E-state index in [1.807, 2.05) is 12.1 Å².